The number of likely N-dealkylation sites (N-methyl/N-ethyl adjacent to an activating group) is 1. The Bertz CT molecular complexity index is 905. The standard InChI is InChI=1S/C23H25ClN2O3/c1-3-25(4-2)14-15-26-20(16-8-6-5-7-9-16)19(22(28)23(26)29)21(27)17-10-12-18(24)13-11-17/h5-13,20,27H,3-4,14-15H2,1-2H3. The quantitative estimate of drug-likeness (QED) is 0.425. The van der Waals surface area contributed by atoms with Crippen molar-refractivity contribution < 1.29 is 19.6 Å². The summed E-state index contributed by atoms with van der Waals surface area (Å²) < 4.78 is 0. The molecule has 2 aromatic rings. The summed E-state index contributed by atoms with van der Waals surface area (Å²) in [7, 11) is 0. The molecule has 0 spiro atoms. The van der Waals surface area contributed by atoms with Crippen LogP contribution in [0.1, 0.15) is 31.0 Å². The molecule has 29 heavy (non-hydrogen) atoms. The Morgan fingerprint density at radius 3 is 2.24 bits per heavy atom. The number of nitrogens with one attached hydrogen (secondary N) is 1. The van der Waals surface area contributed by atoms with Crippen LogP contribution in [-0.2, 0) is 9.59 Å². The van der Waals surface area contributed by atoms with E-state index in [0.29, 0.717) is 17.1 Å². The van der Waals surface area contributed by atoms with Crippen LogP contribution in [0.4, 0.5) is 0 Å². The van der Waals surface area contributed by atoms with Gasteiger partial charge in [-0.15, -0.1) is 0 Å². The maximum Gasteiger partial charge on any atom is 0.295 e. The van der Waals surface area contributed by atoms with E-state index in [2.05, 4.69) is 13.8 Å². The second-order valence-corrected chi connectivity index (χ2v) is 7.53. The number of benzene rings is 2. The highest BCUT2D eigenvalue weighted by Gasteiger charge is 2.44. The van der Waals surface area contributed by atoms with Crippen molar-refractivity contribution in [3.63, 3.8) is 0 Å². The molecule has 1 atom stereocenters. The molecule has 1 aliphatic heterocycles. The van der Waals surface area contributed by atoms with Crippen LogP contribution in [0.3, 0.4) is 0 Å². The number of halogens is 1. The van der Waals surface area contributed by atoms with Crippen molar-refractivity contribution in [3.05, 3.63) is 76.3 Å². The predicted molar refractivity (Wildman–Crippen MR) is 111 cm³/mol. The fourth-order valence-electron chi connectivity index (χ4n) is 3.72. The van der Waals surface area contributed by atoms with Gasteiger partial charge < -0.3 is 14.9 Å². The third kappa shape index (κ3) is 4.36. The number of rotatable bonds is 7. The van der Waals surface area contributed by atoms with Crippen molar-refractivity contribution in [3.8, 4) is 0 Å². The Labute approximate surface area is 176 Å². The van der Waals surface area contributed by atoms with Gasteiger partial charge in [0.1, 0.15) is 0 Å². The van der Waals surface area contributed by atoms with E-state index in [1.165, 1.54) is 4.90 Å². The lowest BCUT2D eigenvalue weighted by Gasteiger charge is -2.28. The maximum absolute atomic E-state index is 13.2. The fraction of sp³-hybridized carbons (Fsp3) is 0.304. The molecule has 5 nitrogen and oxygen atoms in total. The Balaban J connectivity index is 2.06. The molecule has 3 rings (SSSR count). The van der Waals surface area contributed by atoms with E-state index in [1.54, 1.807) is 29.2 Å². The van der Waals surface area contributed by atoms with Crippen LogP contribution in [0.2, 0.25) is 5.02 Å². The Kier molecular flexibility index (Phi) is 6.72. The number of hydrogen-bond donors (Lipinski definition) is 1. The van der Waals surface area contributed by atoms with Crippen LogP contribution in [0.15, 0.2) is 60.2 Å². The first-order chi connectivity index (χ1) is 14.0. The summed E-state index contributed by atoms with van der Waals surface area (Å²) in [6.45, 7) is 7.18. The summed E-state index contributed by atoms with van der Waals surface area (Å²) >= 11 is 5.92. The van der Waals surface area contributed by atoms with E-state index >= 15 is 0 Å². The summed E-state index contributed by atoms with van der Waals surface area (Å²) in [6, 6.07) is 15.0. The van der Waals surface area contributed by atoms with E-state index in [-0.39, 0.29) is 5.57 Å². The fourth-order valence-corrected chi connectivity index (χ4v) is 3.85. The smallest absolute Gasteiger partial charge is 0.295 e. The molecule has 0 aromatic heterocycles. The SMILES string of the molecule is CC[NH+](CC)CCN1C(=O)C(=O)C(=C([O-])c2ccc(Cl)cc2)C1c1ccccc1. The summed E-state index contributed by atoms with van der Waals surface area (Å²) in [4.78, 5) is 28.6. The molecule has 6 heteroatoms. The van der Waals surface area contributed by atoms with E-state index < -0.39 is 23.5 Å². The first kappa shape index (κ1) is 21.1. The van der Waals surface area contributed by atoms with Crippen LogP contribution >= 0.6 is 11.6 Å². The van der Waals surface area contributed by atoms with E-state index in [1.807, 2.05) is 30.3 Å². The predicted octanol–water partition coefficient (Wildman–Crippen LogP) is 1.49. The molecule has 1 N–H and O–H groups in total. The van der Waals surface area contributed by atoms with Gasteiger partial charge in [0.15, 0.2) is 0 Å². The zero-order valence-corrected chi connectivity index (χ0v) is 17.4. The highest BCUT2D eigenvalue weighted by Crippen LogP contribution is 2.38. The van der Waals surface area contributed by atoms with Crippen molar-refractivity contribution in [2.45, 2.75) is 19.9 Å². The number of quaternary nitrogens is 1. The number of Topliss-reactive ketones (excluding diaryl/α,β-unsaturated/α-hetero) is 1. The number of amides is 1. The number of ketones is 1. The molecule has 1 saturated heterocycles. The Morgan fingerprint density at radius 1 is 1.03 bits per heavy atom. The minimum absolute atomic E-state index is 0.0121. The van der Waals surface area contributed by atoms with Gasteiger partial charge in [-0.25, -0.2) is 0 Å². The lowest BCUT2D eigenvalue weighted by Crippen LogP contribution is -3.12. The highest BCUT2D eigenvalue weighted by molar-refractivity contribution is 6.46. The van der Waals surface area contributed by atoms with Gasteiger partial charge in [0.2, 0.25) is 5.78 Å². The maximum atomic E-state index is 13.2. The molecule has 1 amide bonds. The number of nitrogens with zero attached hydrogens (tertiary/aromatic N) is 1. The molecule has 1 heterocycles. The second-order valence-electron chi connectivity index (χ2n) is 7.10. The molecule has 0 bridgehead atoms. The summed E-state index contributed by atoms with van der Waals surface area (Å²) in [6.07, 6.45) is 0. The largest absolute Gasteiger partial charge is 0.872 e. The number of carbonyl (C=O) groups excluding carboxylic acids is 2. The average Bonchev–Trinajstić information content (AvgIpc) is 3.00. The van der Waals surface area contributed by atoms with E-state index in [0.717, 1.165) is 25.2 Å². The average molecular weight is 413 g/mol. The van der Waals surface area contributed by atoms with E-state index in [4.69, 9.17) is 11.6 Å². The van der Waals surface area contributed by atoms with Crippen LogP contribution in [-0.4, -0.2) is 42.8 Å². The zero-order valence-electron chi connectivity index (χ0n) is 16.7. The third-order valence-electron chi connectivity index (χ3n) is 5.46. The molecule has 0 radical (unpaired) electrons. The second kappa shape index (κ2) is 9.25. The van der Waals surface area contributed by atoms with Crippen molar-refractivity contribution in [2.75, 3.05) is 26.2 Å². The molecule has 1 aliphatic rings. The van der Waals surface area contributed by atoms with Gasteiger partial charge in [0, 0.05) is 10.6 Å². The van der Waals surface area contributed by atoms with Gasteiger partial charge in [0.25, 0.3) is 5.91 Å². The molecular weight excluding hydrogens is 388 g/mol. The first-order valence-electron chi connectivity index (χ1n) is 9.88. The molecule has 1 fully saturated rings. The molecule has 152 valence electrons. The zero-order chi connectivity index (χ0) is 21.0. The van der Waals surface area contributed by atoms with Gasteiger partial charge in [-0.1, -0.05) is 59.8 Å². The monoisotopic (exact) mass is 412 g/mol. The molecule has 0 aliphatic carbocycles. The van der Waals surface area contributed by atoms with Crippen LogP contribution < -0.4 is 10.0 Å². The molecule has 2 aromatic carbocycles. The highest BCUT2D eigenvalue weighted by atomic mass is 35.5. The normalized spacial score (nSPS) is 18.6. The van der Waals surface area contributed by atoms with Gasteiger partial charge in [0.05, 0.1) is 32.2 Å². The summed E-state index contributed by atoms with van der Waals surface area (Å²) in [5.74, 6) is -1.75. The van der Waals surface area contributed by atoms with Gasteiger partial charge in [-0.05, 0) is 37.1 Å². The van der Waals surface area contributed by atoms with Crippen LogP contribution in [0.25, 0.3) is 5.76 Å². The number of carbonyl (C=O) groups is 2. The topological polar surface area (TPSA) is 64.9 Å². The first-order valence-corrected chi connectivity index (χ1v) is 10.3. The van der Waals surface area contributed by atoms with Crippen molar-refractivity contribution >= 4 is 29.1 Å². The lowest BCUT2D eigenvalue weighted by molar-refractivity contribution is -0.895. The number of hydrogen-bond acceptors (Lipinski definition) is 3. The minimum atomic E-state index is -0.714. The molecule has 1 unspecified atom stereocenters. The number of likely N-dealkylation sites (tertiary alicyclic amines) is 1. The molecule has 0 saturated carbocycles. The van der Waals surface area contributed by atoms with E-state index in [9.17, 15) is 14.7 Å². The van der Waals surface area contributed by atoms with Crippen LogP contribution in [0.5, 0.6) is 0 Å². The van der Waals surface area contributed by atoms with Gasteiger partial charge in [-0.3, -0.25) is 9.59 Å². The summed E-state index contributed by atoms with van der Waals surface area (Å²) in [5, 5.41) is 13.7. The van der Waals surface area contributed by atoms with Crippen molar-refractivity contribution in [2.24, 2.45) is 0 Å². The minimum Gasteiger partial charge on any atom is -0.872 e. The van der Waals surface area contributed by atoms with Crippen molar-refractivity contribution in [1.29, 1.82) is 0 Å². The Hall–Kier alpha value is -2.63. The van der Waals surface area contributed by atoms with Crippen LogP contribution in [0, 0.1) is 0 Å². The Morgan fingerprint density at radius 2 is 1.66 bits per heavy atom. The van der Waals surface area contributed by atoms with Gasteiger partial charge >= 0.3 is 0 Å². The summed E-state index contributed by atoms with van der Waals surface area (Å²) in [5.41, 5.74) is 1.12. The van der Waals surface area contributed by atoms with Gasteiger partial charge in [-0.2, -0.15) is 0 Å². The molecular formula is C23H25ClN2O3. The third-order valence-corrected chi connectivity index (χ3v) is 5.71. The van der Waals surface area contributed by atoms with Crippen molar-refractivity contribution in [1.82, 2.24) is 4.90 Å². The lowest BCUT2D eigenvalue weighted by atomic mass is 9.95.